The van der Waals surface area contributed by atoms with Gasteiger partial charge in [-0.1, -0.05) is 47.1 Å². The summed E-state index contributed by atoms with van der Waals surface area (Å²) in [5, 5.41) is 14.0. The predicted octanol–water partition coefficient (Wildman–Crippen LogP) is 6.10. The normalized spacial score (nSPS) is 17.5. The van der Waals surface area contributed by atoms with Crippen LogP contribution in [0, 0.1) is 10.1 Å². The fourth-order valence-electron chi connectivity index (χ4n) is 3.64. The van der Waals surface area contributed by atoms with Gasteiger partial charge in [0.1, 0.15) is 4.75 Å². The molecular formula is C23H19BrN2O3S. The van der Waals surface area contributed by atoms with Gasteiger partial charge in [0.2, 0.25) is 5.91 Å². The second-order valence-electron chi connectivity index (χ2n) is 7.17. The van der Waals surface area contributed by atoms with E-state index in [0.717, 1.165) is 32.6 Å². The molecule has 0 fully saturated rings. The van der Waals surface area contributed by atoms with E-state index < -0.39 is 9.67 Å². The first kappa shape index (κ1) is 20.6. The highest BCUT2D eigenvalue weighted by Gasteiger charge is 2.48. The molecule has 3 aromatic rings. The summed E-state index contributed by atoms with van der Waals surface area (Å²) in [7, 11) is 0. The van der Waals surface area contributed by atoms with E-state index in [0.29, 0.717) is 6.42 Å². The second kappa shape index (κ2) is 8.24. The fourth-order valence-corrected chi connectivity index (χ4v) is 5.33. The third kappa shape index (κ3) is 3.87. The van der Waals surface area contributed by atoms with Crippen LogP contribution in [0.5, 0.6) is 0 Å². The molecular weight excluding hydrogens is 464 g/mol. The minimum absolute atomic E-state index is 0.0302. The Hall–Kier alpha value is -2.64. The topological polar surface area (TPSA) is 72.2 Å². The monoisotopic (exact) mass is 482 g/mol. The van der Waals surface area contributed by atoms with Crippen molar-refractivity contribution in [1.82, 2.24) is 0 Å². The summed E-state index contributed by atoms with van der Waals surface area (Å²) in [6.45, 7) is 2.11. The Kier molecular flexibility index (Phi) is 5.66. The first-order chi connectivity index (χ1) is 14.4. The van der Waals surface area contributed by atoms with Crippen LogP contribution in [0.2, 0.25) is 0 Å². The van der Waals surface area contributed by atoms with Crippen LogP contribution in [0.3, 0.4) is 0 Å². The molecule has 0 radical (unpaired) electrons. The standard InChI is InChI=1S/C23H19BrN2O3S/c1-2-15-3-5-16(6-4-15)14-23(30-19-10-8-18(9-11-19)26(28)29)20-13-17(24)7-12-21(20)25-22(23)27/h3-13H,2,14H2,1H3,(H,25,27). The van der Waals surface area contributed by atoms with Gasteiger partial charge in [-0.25, -0.2) is 0 Å². The number of halogens is 1. The third-order valence-electron chi connectivity index (χ3n) is 5.26. The van der Waals surface area contributed by atoms with E-state index >= 15 is 0 Å². The lowest BCUT2D eigenvalue weighted by Crippen LogP contribution is -2.33. The van der Waals surface area contributed by atoms with E-state index in [-0.39, 0.29) is 11.6 Å². The molecule has 0 aromatic heterocycles. The number of rotatable bonds is 6. The van der Waals surface area contributed by atoms with Crippen LogP contribution in [0.15, 0.2) is 76.1 Å². The molecule has 0 spiro atoms. The van der Waals surface area contributed by atoms with Crippen molar-refractivity contribution in [2.75, 3.05) is 5.32 Å². The molecule has 3 aromatic carbocycles. The van der Waals surface area contributed by atoms with E-state index in [1.807, 2.05) is 18.2 Å². The number of non-ortho nitro benzene ring substituents is 1. The van der Waals surface area contributed by atoms with Crippen molar-refractivity contribution in [3.8, 4) is 0 Å². The van der Waals surface area contributed by atoms with Gasteiger partial charge in [-0.15, -0.1) is 11.8 Å². The lowest BCUT2D eigenvalue weighted by molar-refractivity contribution is -0.384. The van der Waals surface area contributed by atoms with E-state index in [9.17, 15) is 14.9 Å². The van der Waals surface area contributed by atoms with Crippen LogP contribution in [0.1, 0.15) is 23.6 Å². The molecule has 1 amide bonds. The van der Waals surface area contributed by atoms with Gasteiger partial charge < -0.3 is 5.32 Å². The molecule has 1 N–H and O–H groups in total. The fraction of sp³-hybridized carbons (Fsp3) is 0.174. The molecule has 0 bridgehead atoms. The maximum Gasteiger partial charge on any atom is 0.269 e. The maximum absolute atomic E-state index is 13.3. The Morgan fingerprint density at radius 2 is 1.70 bits per heavy atom. The van der Waals surface area contributed by atoms with Gasteiger partial charge in [0, 0.05) is 39.2 Å². The number of carbonyl (C=O) groups is 1. The molecule has 4 rings (SSSR count). The van der Waals surface area contributed by atoms with Crippen LogP contribution in [0.25, 0.3) is 0 Å². The number of fused-ring (bicyclic) bond motifs is 1. The summed E-state index contributed by atoms with van der Waals surface area (Å²) in [4.78, 5) is 24.7. The lowest BCUT2D eigenvalue weighted by Gasteiger charge is -2.27. The lowest BCUT2D eigenvalue weighted by atomic mass is 9.91. The highest BCUT2D eigenvalue weighted by atomic mass is 79.9. The van der Waals surface area contributed by atoms with Crippen molar-refractivity contribution in [2.45, 2.75) is 29.4 Å². The third-order valence-corrected chi connectivity index (χ3v) is 7.15. The largest absolute Gasteiger partial charge is 0.324 e. The van der Waals surface area contributed by atoms with E-state index in [2.05, 4.69) is 52.4 Å². The van der Waals surface area contributed by atoms with Crippen molar-refractivity contribution in [1.29, 1.82) is 0 Å². The number of aryl methyl sites for hydroxylation is 1. The predicted molar refractivity (Wildman–Crippen MR) is 123 cm³/mol. The molecule has 1 atom stereocenters. The summed E-state index contributed by atoms with van der Waals surface area (Å²) >= 11 is 4.96. The Labute approximate surface area is 187 Å². The first-order valence-electron chi connectivity index (χ1n) is 9.54. The highest BCUT2D eigenvalue weighted by molar-refractivity contribution is 9.10. The number of hydrogen-bond acceptors (Lipinski definition) is 4. The van der Waals surface area contributed by atoms with Crippen LogP contribution < -0.4 is 5.32 Å². The first-order valence-corrected chi connectivity index (χ1v) is 11.1. The Bertz CT molecular complexity index is 1120. The molecule has 1 unspecified atom stereocenters. The number of nitro benzene ring substituents is 1. The van der Waals surface area contributed by atoms with Crippen molar-refractivity contribution >= 4 is 45.0 Å². The summed E-state index contributed by atoms with van der Waals surface area (Å²) in [6.07, 6.45) is 1.47. The number of anilines is 1. The summed E-state index contributed by atoms with van der Waals surface area (Å²) in [5.41, 5.74) is 4.04. The second-order valence-corrected chi connectivity index (χ2v) is 9.46. The summed E-state index contributed by atoms with van der Waals surface area (Å²) in [5.74, 6) is -0.0847. The summed E-state index contributed by atoms with van der Waals surface area (Å²) in [6, 6.07) is 20.5. The Balaban J connectivity index is 1.78. The van der Waals surface area contributed by atoms with Crippen LogP contribution in [-0.4, -0.2) is 10.8 Å². The highest BCUT2D eigenvalue weighted by Crippen LogP contribution is 2.51. The molecule has 30 heavy (non-hydrogen) atoms. The smallest absolute Gasteiger partial charge is 0.269 e. The zero-order valence-electron chi connectivity index (χ0n) is 16.2. The number of nitrogens with zero attached hydrogens (tertiary/aromatic N) is 1. The van der Waals surface area contributed by atoms with Crippen molar-refractivity contribution in [3.63, 3.8) is 0 Å². The van der Waals surface area contributed by atoms with E-state index in [4.69, 9.17) is 0 Å². The molecule has 5 nitrogen and oxygen atoms in total. The van der Waals surface area contributed by atoms with Gasteiger partial charge in [0.05, 0.1) is 4.92 Å². The summed E-state index contributed by atoms with van der Waals surface area (Å²) < 4.78 is 0.0240. The number of amides is 1. The number of thioether (sulfide) groups is 1. The number of nitrogens with one attached hydrogen (secondary N) is 1. The molecule has 152 valence electrons. The Morgan fingerprint density at radius 3 is 2.33 bits per heavy atom. The molecule has 1 aliphatic rings. The van der Waals surface area contributed by atoms with E-state index in [1.54, 1.807) is 12.1 Å². The molecule has 0 saturated heterocycles. The zero-order chi connectivity index (χ0) is 21.3. The quantitative estimate of drug-likeness (QED) is 0.340. The van der Waals surface area contributed by atoms with Crippen molar-refractivity contribution in [2.24, 2.45) is 0 Å². The molecule has 0 aliphatic carbocycles. The SMILES string of the molecule is CCc1ccc(CC2(Sc3ccc([N+](=O)[O-])cc3)C(=O)Nc3ccc(Br)cc32)cc1. The molecule has 1 heterocycles. The maximum atomic E-state index is 13.3. The number of carbonyl (C=O) groups excluding carboxylic acids is 1. The van der Waals surface area contributed by atoms with Crippen LogP contribution >= 0.6 is 27.7 Å². The van der Waals surface area contributed by atoms with Crippen molar-refractivity contribution < 1.29 is 9.72 Å². The average Bonchev–Trinajstić information content (AvgIpc) is 3.00. The van der Waals surface area contributed by atoms with Gasteiger partial charge in [-0.2, -0.15) is 0 Å². The van der Waals surface area contributed by atoms with Gasteiger partial charge in [-0.05, 0) is 47.9 Å². The van der Waals surface area contributed by atoms with Crippen LogP contribution in [0.4, 0.5) is 11.4 Å². The minimum atomic E-state index is -0.872. The minimum Gasteiger partial charge on any atom is -0.324 e. The van der Waals surface area contributed by atoms with E-state index in [1.165, 1.54) is 29.5 Å². The number of nitro groups is 1. The van der Waals surface area contributed by atoms with Gasteiger partial charge in [0.15, 0.2) is 0 Å². The van der Waals surface area contributed by atoms with Crippen molar-refractivity contribution in [3.05, 3.63) is 98.0 Å². The zero-order valence-corrected chi connectivity index (χ0v) is 18.6. The van der Waals surface area contributed by atoms with Gasteiger partial charge in [-0.3, -0.25) is 14.9 Å². The van der Waals surface area contributed by atoms with Crippen LogP contribution in [-0.2, 0) is 22.4 Å². The molecule has 1 aliphatic heterocycles. The number of hydrogen-bond donors (Lipinski definition) is 1. The van der Waals surface area contributed by atoms with Gasteiger partial charge >= 0.3 is 0 Å². The Morgan fingerprint density at radius 1 is 1.03 bits per heavy atom. The number of benzene rings is 3. The molecule has 0 saturated carbocycles. The average molecular weight is 483 g/mol. The molecule has 7 heteroatoms. The van der Waals surface area contributed by atoms with Gasteiger partial charge in [0.25, 0.3) is 5.69 Å².